The molecule has 1 aliphatic rings. The van der Waals surface area contributed by atoms with Gasteiger partial charge in [0, 0.05) is 24.6 Å². The summed E-state index contributed by atoms with van der Waals surface area (Å²) in [6, 6.07) is 2.51. The lowest BCUT2D eigenvalue weighted by molar-refractivity contribution is 0.592. The van der Waals surface area contributed by atoms with Crippen LogP contribution in [0.2, 0.25) is 0 Å². The van der Waals surface area contributed by atoms with E-state index in [1.807, 2.05) is 6.07 Å². The Bertz CT molecular complexity index is 429. The molecule has 2 rings (SSSR count). The summed E-state index contributed by atoms with van der Waals surface area (Å²) >= 11 is 0. The maximum atomic E-state index is 4.70. The molecule has 118 valence electrons. The summed E-state index contributed by atoms with van der Waals surface area (Å²) < 4.78 is 0. The van der Waals surface area contributed by atoms with Crippen molar-refractivity contribution in [2.45, 2.75) is 77.7 Å². The molecule has 0 spiro atoms. The van der Waals surface area contributed by atoms with Gasteiger partial charge in [0.15, 0.2) is 0 Å². The van der Waals surface area contributed by atoms with E-state index < -0.39 is 0 Å². The fourth-order valence-corrected chi connectivity index (χ4v) is 2.54. The van der Waals surface area contributed by atoms with Gasteiger partial charge in [0.25, 0.3) is 0 Å². The van der Waals surface area contributed by atoms with Gasteiger partial charge in [-0.1, -0.05) is 32.6 Å². The molecule has 21 heavy (non-hydrogen) atoms. The van der Waals surface area contributed by atoms with Crippen molar-refractivity contribution in [3.63, 3.8) is 0 Å². The van der Waals surface area contributed by atoms with Gasteiger partial charge < -0.3 is 10.6 Å². The Morgan fingerprint density at radius 2 is 1.90 bits per heavy atom. The van der Waals surface area contributed by atoms with Gasteiger partial charge in [0.05, 0.1) is 0 Å². The molecule has 4 nitrogen and oxygen atoms in total. The summed E-state index contributed by atoms with van der Waals surface area (Å²) in [6.07, 6.45) is 8.95. The highest BCUT2D eigenvalue weighted by molar-refractivity contribution is 5.48. The number of rotatable bonds is 10. The highest BCUT2D eigenvalue weighted by Crippen LogP contribution is 2.38. The number of hydrogen-bond donors (Lipinski definition) is 2. The smallest absolute Gasteiger partial charge is 0.136 e. The molecule has 2 N–H and O–H groups in total. The van der Waals surface area contributed by atoms with Crippen LogP contribution in [0.4, 0.5) is 11.6 Å². The molecule has 0 aliphatic heterocycles. The maximum Gasteiger partial charge on any atom is 0.136 e. The third kappa shape index (κ3) is 5.52. The molecule has 0 amide bonds. The van der Waals surface area contributed by atoms with Gasteiger partial charge in [-0.3, -0.25) is 0 Å². The Labute approximate surface area is 129 Å². The quantitative estimate of drug-likeness (QED) is 0.620. The lowest BCUT2D eigenvalue weighted by Gasteiger charge is -2.16. The van der Waals surface area contributed by atoms with E-state index in [1.165, 1.54) is 44.9 Å². The van der Waals surface area contributed by atoms with E-state index in [1.54, 1.807) is 0 Å². The van der Waals surface area contributed by atoms with Crippen LogP contribution < -0.4 is 10.6 Å². The van der Waals surface area contributed by atoms with Gasteiger partial charge in [-0.15, -0.1) is 0 Å². The second kappa shape index (κ2) is 8.20. The van der Waals surface area contributed by atoms with E-state index in [4.69, 9.17) is 4.98 Å². The standard InChI is InChI=1S/C17H30N4/c1-4-6-7-8-9-13(3)19-16-12-15(18-5-2)20-17(21-16)14-10-11-14/h12-14H,4-11H2,1-3H3,(H2,18,19,20,21). The summed E-state index contributed by atoms with van der Waals surface area (Å²) in [5, 5.41) is 6.86. The number of aromatic nitrogens is 2. The lowest BCUT2D eigenvalue weighted by Crippen LogP contribution is -2.17. The zero-order chi connectivity index (χ0) is 15.1. The van der Waals surface area contributed by atoms with Crippen LogP contribution >= 0.6 is 0 Å². The minimum atomic E-state index is 0.471. The summed E-state index contributed by atoms with van der Waals surface area (Å²) in [7, 11) is 0. The Kier molecular flexibility index (Phi) is 6.27. The zero-order valence-electron chi connectivity index (χ0n) is 13.8. The Balaban J connectivity index is 1.91. The van der Waals surface area contributed by atoms with Crippen LogP contribution in [0.25, 0.3) is 0 Å². The fraction of sp³-hybridized carbons (Fsp3) is 0.765. The van der Waals surface area contributed by atoms with Crippen molar-refractivity contribution in [1.29, 1.82) is 0 Å². The van der Waals surface area contributed by atoms with Crippen molar-refractivity contribution in [2.75, 3.05) is 17.2 Å². The molecule has 1 heterocycles. The van der Waals surface area contributed by atoms with E-state index in [9.17, 15) is 0 Å². The van der Waals surface area contributed by atoms with Crippen LogP contribution in [-0.4, -0.2) is 22.6 Å². The van der Waals surface area contributed by atoms with Gasteiger partial charge in [-0.05, 0) is 33.1 Å². The third-order valence-corrected chi connectivity index (χ3v) is 3.93. The molecular weight excluding hydrogens is 260 g/mol. The minimum Gasteiger partial charge on any atom is -0.370 e. The normalized spacial score (nSPS) is 15.8. The maximum absolute atomic E-state index is 4.70. The molecule has 4 heteroatoms. The largest absolute Gasteiger partial charge is 0.370 e. The van der Waals surface area contributed by atoms with E-state index in [2.05, 4.69) is 36.4 Å². The highest BCUT2D eigenvalue weighted by atomic mass is 15.1. The minimum absolute atomic E-state index is 0.471. The lowest BCUT2D eigenvalue weighted by atomic mass is 10.1. The molecule has 0 radical (unpaired) electrons. The third-order valence-electron chi connectivity index (χ3n) is 3.93. The Morgan fingerprint density at radius 3 is 2.57 bits per heavy atom. The van der Waals surface area contributed by atoms with E-state index in [0.29, 0.717) is 12.0 Å². The second-order valence-electron chi connectivity index (χ2n) is 6.20. The summed E-state index contributed by atoms with van der Waals surface area (Å²) in [5.74, 6) is 3.53. The van der Waals surface area contributed by atoms with Crippen LogP contribution in [0.1, 0.15) is 77.5 Å². The first kappa shape index (κ1) is 16.1. The molecule has 1 aliphatic carbocycles. The van der Waals surface area contributed by atoms with E-state index in [-0.39, 0.29) is 0 Å². The molecule has 1 saturated carbocycles. The first-order valence-electron chi connectivity index (χ1n) is 8.62. The summed E-state index contributed by atoms with van der Waals surface area (Å²) in [4.78, 5) is 9.32. The van der Waals surface area contributed by atoms with Crippen LogP contribution in [0, 0.1) is 0 Å². The molecule has 1 unspecified atom stereocenters. The fourth-order valence-electron chi connectivity index (χ4n) is 2.54. The molecule has 1 aromatic heterocycles. The predicted octanol–water partition coefficient (Wildman–Crippen LogP) is 4.56. The van der Waals surface area contributed by atoms with Crippen LogP contribution in [-0.2, 0) is 0 Å². The van der Waals surface area contributed by atoms with Crippen molar-refractivity contribution in [1.82, 2.24) is 9.97 Å². The second-order valence-corrected chi connectivity index (χ2v) is 6.20. The molecule has 0 aromatic carbocycles. The monoisotopic (exact) mass is 290 g/mol. The van der Waals surface area contributed by atoms with Crippen molar-refractivity contribution >= 4 is 11.6 Å². The molecule has 1 atom stereocenters. The van der Waals surface area contributed by atoms with Crippen molar-refractivity contribution < 1.29 is 0 Å². The average Bonchev–Trinajstić information content (AvgIpc) is 3.28. The number of hydrogen-bond acceptors (Lipinski definition) is 4. The van der Waals surface area contributed by atoms with Gasteiger partial charge in [0.1, 0.15) is 17.5 Å². The Hall–Kier alpha value is -1.32. The topological polar surface area (TPSA) is 49.8 Å². The average molecular weight is 290 g/mol. The van der Waals surface area contributed by atoms with E-state index >= 15 is 0 Å². The van der Waals surface area contributed by atoms with Gasteiger partial charge in [-0.2, -0.15) is 0 Å². The molecule has 0 bridgehead atoms. The van der Waals surface area contributed by atoms with Crippen molar-refractivity contribution in [3.05, 3.63) is 11.9 Å². The predicted molar refractivity (Wildman–Crippen MR) is 90.0 cm³/mol. The molecule has 1 aromatic rings. The SMILES string of the molecule is CCCCCCC(C)Nc1cc(NCC)nc(C2CC2)n1. The molecule has 0 saturated heterocycles. The van der Waals surface area contributed by atoms with Crippen LogP contribution in [0.15, 0.2) is 6.07 Å². The van der Waals surface area contributed by atoms with Gasteiger partial charge >= 0.3 is 0 Å². The first-order chi connectivity index (χ1) is 10.2. The van der Waals surface area contributed by atoms with Crippen molar-refractivity contribution in [2.24, 2.45) is 0 Å². The number of nitrogens with zero attached hydrogens (tertiary/aromatic N) is 2. The highest BCUT2D eigenvalue weighted by Gasteiger charge is 2.27. The summed E-state index contributed by atoms with van der Waals surface area (Å²) in [5.41, 5.74) is 0. The molecule has 1 fully saturated rings. The van der Waals surface area contributed by atoms with Crippen molar-refractivity contribution in [3.8, 4) is 0 Å². The zero-order valence-corrected chi connectivity index (χ0v) is 13.8. The van der Waals surface area contributed by atoms with Crippen LogP contribution in [0.3, 0.4) is 0 Å². The number of anilines is 2. The van der Waals surface area contributed by atoms with Gasteiger partial charge in [-0.25, -0.2) is 9.97 Å². The Morgan fingerprint density at radius 1 is 1.14 bits per heavy atom. The molecular formula is C17H30N4. The number of unbranched alkanes of at least 4 members (excludes halogenated alkanes) is 3. The first-order valence-corrected chi connectivity index (χ1v) is 8.62. The van der Waals surface area contributed by atoms with Gasteiger partial charge in [0.2, 0.25) is 0 Å². The van der Waals surface area contributed by atoms with Crippen LogP contribution in [0.5, 0.6) is 0 Å². The summed E-state index contributed by atoms with van der Waals surface area (Å²) in [6.45, 7) is 7.50. The van der Waals surface area contributed by atoms with E-state index in [0.717, 1.165) is 24.0 Å². The number of nitrogens with one attached hydrogen (secondary N) is 2.